The lowest BCUT2D eigenvalue weighted by Gasteiger charge is -2.38. The molecule has 0 saturated carbocycles. The standard InChI is InChI=1S/C37H31N/c1-4-12-29(13-5-1)37(30-14-6-2-7-15-30)35-19-11-10-18-33(35)34-25-22-28(26-36(34)37)27-20-23-32(24-21-27)38-31-16-8-3-9-17-31/h1-6,8-14,16-21,23-26,28,38H,7,15,22H2. The van der Waals surface area contributed by atoms with Gasteiger partial charge in [-0.1, -0.05) is 121 Å². The second-order valence-electron chi connectivity index (χ2n) is 10.5. The van der Waals surface area contributed by atoms with E-state index in [0.29, 0.717) is 5.92 Å². The van der Waals surface area contributed by atoms with Gasteiger partial charge >= 0.3 is 0 Å². The molecular weight excluding hydrogens is 458 g/mol. The van der Waals surface area contributed by atoms with E-state index in [9.17, 15) is 0 Å². The van der Waals surface area contributed by atoms with Gasteiger partial charge in [0, 0.05) is 17.3 Å². The monoisotopic (exact) mass is 489 g/mol. The Morgan fingerprint density at radius 3 is 2.18 bits per heavy atom. The minimum absolute atomic E-state index is 0.248. The van der Waals surface area contributed by atoms with Crippen LogP contribution in [0, 0.1) is 0 Å². The number of fused-ring (bicyclic) bond motifs is 3. The highest BCUT2D eigenvalue weighted by molar-refractivity contribution is 5.95. The van der Waals surface area contributed by atoms with Gasteiger partial charge in [-0.05, 0) is 76.9 Å². The van der Waals surface area contributed by atoms with Gasteiger partial charge in [0.15, 0.2) is 0 Å². The van der Waals surface area contributed by atoms with E-state index in [2.05, 4.69) is 139 Å². The largest absolute Gasteiger partial charge is 0.356 e. The van der Waals surface area contributed by atoms with Gasteiger partial charge in [0.25, 0.3) is 0 Å². The molecule has 2 atom stereocenters. The minimum atomic E-state index is -0.248. The molecule has 3 aliphatic carbocycles. The van der Waals surface area contributed by atoms with E-state index < -0.39 is 0 Å². The highest BCUT2D eigenvalue weighted by Crippen LogP contribution is 2.60. The molecule has 0 saturated heterocycles. The second kappa shape index (κ2) is 9.50. The summed E-state index contributed by atoms with van der Waals surface area (Å²) in [5, 5.41) is 3.52. The van der Waals surface area contributed by atoms with Gasteiger partial charge in [0.2, 0.25) is 0 Å². The van der Waals surface area contributed by atoms with E-state index in [1.54, 1.807) is 0 Å². The van der Waals surface area contributed by atoms with E-state index in [1.807, 2.05) is 6.07 Å². The van der Waals surface area contributed by atoms with Gasteiger partial charge < -0.3 is 5.32 Å². The van der Waals surface area contributed by atoms with Gasteiger partial charge in [0.1, 0.15) is 0 Å². The van der Waals surface area contributed by atoms with Gasteiger partial charge in [0.05, 0.1) is 5.41 Å². The van der Waals surface area contributed by atoms with Crippen molar-refractivity contribution in [1.82, 2.24) is 0 Å². The molecule has 184 valence electrons. The molecule has 38 heavy (non-hydrogen) atoms. The third kappa shape index (κ3) is 3.70. The summed E-state index contributed by atoms with van der Waals surface area (Å²) < 4.78 is 0. The summed E-state index contributed by atoms with van der Waals surface area (Å²) >= 11 is 0. The molecule has 4 aromatic carbocycles. The summed E-state index contributed by atoms with van der Waals surface area (Å²) in [6, 6.07) is 39.6. The fraction of sp³-hybridized carbons (Fsp3) is 0.135. The van der Waals surface area contributed by atoms with Crippen LogP contribution in [0.25, 0.3) is 5.57 Å². The van der Waals surface area contributed by atoms with Crippen LogP contribution in [-0.4, -0.2) is 0 Å². The van der Waals surface area contributed by atoms with Crippen molar-refractivity contribution in [2.45, 2.75) is 30.6 Å². The molecule has 7 rings (SSSR count). The molecule has 0 aliphatic heterocycles. The molecule has 3 aliphatic rings. The molecule has 4 aromatic rings. The molecule has 0 fully saturated rings. The Balaban J connectivity index is 1.34. The minimum Gasteiger partial charge on any atom is -0.356 e. The molecule has 0 spiro atoms. The first-order valence-electron chi connectivity index (χ1n) is 13.7. The molecule has 1 nitrogen and oxygen atoms in total. The van der Waals surface area contributed by atoms with Crippen LogP contribution in [0.3, 0.4) is 0 Å². The van der Waals surface area contributed by atoms with E-state index in [1.165, 1.54) is 39.0 Å². The number of hydrogen-bond acceptors (Lipinski definition) is 1. The topological polar surface area (TPSA) is 12.0 Å². The van der Waals surface area contributed by atoms with Gasteiger partial charge in [-0.25, -0.2) is 0 Å². The Kier molecular flexibility index (Phi) is 5.70. The van der Waals surface area contributed by atoms with E-state index in [4.69, 9.17) is 0 Å². The van der Waals surface area contributed by atoms with Crippen molar-refractivity contribution in [3.8, 4) is 0 Å². The van der Waals surface area contributed by atoms with Crippen molar-refractivity contribution in [2.75, 3.05) is 5.32 Å². The molecule has 1 heteroatoms. The molecule has 0 radical (unpaired) electrons. The van der Waals surface area contributed by atoms with Crippen molar-refractivity contribution >= 4 is 16.9 Å². The van der Waals surface area contributed by atoms with Crippen LogP contribution in [-0.2, 0) is 5.41 Å². The average molecular weight is 490 g/mol. The van der Waals surface area contributed by atoms with E-state index >= 15 is 0 Å². The summed E-state index contributed by atoms with van der Waals surface area (Å²) in [7, 11) is 0. The summed E-state index contributed by atoms with van der Waals surface area (Å²) in [4.78, 5) is 0. The number of hydrogen-bond donors (Lipinski definition) is 1. The van der Waals surface area contributed by atoms with Gasteiger partial charge in [-0.2, -0.15) is 0 Å². The lowest BCUT2D eigenvalue weighted by atomic mass is 9.64. The number of rotatable bonds is 5. The summed E-state index contributed by atoms with van der Waals surface area (Å²) in [6.07, 6.45) is 15.2. The highest BCUT2D eigenvalue weighted by Gasteiger charge is 2.49. The fourth-order valence-corrected chi connectivity index (χ4v) is 6.67. The second-order valence-corrected chi connectivity index (χ2v) is 10.5. The zero-order valence-electron chi connectivity index (χ0n) is 21.5. The SMILES string of the molecule is C1=CCCC(C2(c3ccccc3)C3=CC(c4ccc(Nc5ccccc5)cc4)CC=C3c3ccccc32)=C1. The predicted octanol–water partition coefficient (Wildman–Crippen LogP) is 9.50. The van der Waals surface area contributed by atoms with Crippen molar-refractivity contribution in [2.24, 2.45) is 0 Å². The normalized spacial score (nSPS) is 21.6. The van der Waals surface area contributed by atoms with Crippen molar-refractivity contribution < 1.29 is 0 Å². The predicted molar refractivity (Wildman–Crippen MR) is 160 cm³/mol. The smallest absolute Gasteiger partial charge is 0.0673 e. The summed E-state index contributed by atoms with van der Waals surface area (Å²) in [5.41, 5.74) is 11.9. The number of para-hydroxylation sites is 1. The molecular formula is C37H31N. The maximum atomic E-state index is 3.52. The van der Waals surface area contributed by atoms with Crippen LogP contribution in [0.4, 0.5) is 11.4 Å². The Labute approximate surface area is 225 Å². The maximum Gasteiger partial charge on any atom is 0.0673 e. The number of allylic oxidation sites excluding steroid dienone is 8. The number of benzene rings is 4. The lowest BCUT2D eigenvalue weighted by molar-refractivity contribution is 0.680. The van der Waals surface area contributed by atoms with E-state index in [-0.39, 0.29) is 5.41 Å². The zero-order chi connectivity index (χ0) is 25.4. The van der Waals surface area contributed by atoms with Gasteiger partial charge in [-0.3, -0.25) is 0 Å². The van der Waals surface area contributed by atoms with Crippen LogP contribution >= 0.6 is 0 Å². The lowest BCUT2D eigenvalue weighted by Crippen LogP contribution is -2.31. The van der Waals surface area contributed by atoms with Crippen molar-refractivity contribution in [3.05, 3.63) is 173 Å². The van der Waals surface area contributed by atoms with Crippen LogP contribution in [0.1, 0.15) is 47.4 Å². The molecule has 0 aromatic heterocycles. The first-order chi connectivity index (χ1) is 18.8. The number of anilines is 2. The summed E-state index contributed by atoms with van der Waals surface area (Å²) in [5.74, 6) is 0.344. The third-order valence-electron chi connectivity index (χ3n) is 8.36. The van der Waals surface area contributed by atoms with Crippen molar-refractivity contribution in [3.63, 3.8) is 0 Å². The Morgan fingerprint density at radius 2 is 1.42 bits per heavy atom. The van der Waals surface area contributed by atoms with Crippen molar-refractivity contribution in [1.29, 1.82) is 0 Å². The van der Waals surface area contributed by atoms with E-state index in [0.717, 1.165) is 30.6 Å². The molecule has 1 N–H and O–H groups in total. The first kappa shape index (κ1) is 22.8. The van der Waals surface area contributed by atoms with Gasteiger partial charge in [-0.15, -0.1) is 0 Å². The fourth-order valence-electron chi connectivity index (χ4n) is 6.67. The quantitative estimate of drug-likeness (QED) is 0.294. The molecule has 0 amide bonds. The molecule has 0 bridgehead atoms. The van der Waals surface area contributed by atoms with Crippen LogP contribution in [0.2, 0.25) is 0 Å². The Bertz CT molecular complexity index is 1590. The molecule has 2 unspecified atom stereocenters. The Morgan fingerprint density at radius 1 is 0.711 bits per heavy atom. The zero-order valence-corrected chi connectivity index (χ0v) is 21.5. The number of nitrogens with one attached hydrogen (secondary N) is 1. The van der Waals surface area contributed by atoms with Crippen LogP contribution in [0.15, 0.2) is 151 Å². The highest BCUT2D eigenvalue weighted by atomic mass is 14.9. The maximum absolute atomic E-state index is 3.52. The average Bonchev–Trinajstić information content (AvgIpc) is 3.29. The molecule has 0 heterocycles. The summed E-state index contributed by atoms with van der Waals surface area (Å²) in [6.45, 7) is 0. The van der Waals surface area contributed by atoms with Crippen LogP contribution < -0.4 is 5.32 Å². The third-order valence-corrected chi connectivity index (χ3v) is 8.36. The Hall–Kier alpha value is -4.36. The first-order valence-corrected chi connectivity index (χ1v) is 13.7. The van der Waals surface area contributed by atoms with Crippen LogP contribution in [0.5, 0.6) is 0 Å².